The molecule has 88 valence electrons. The highest BCUT2D eigenvalue weighted by atomic mass is 16.5. The molecule has 2 N–H and O–H groups in total. The second kappa shape index (κ2) is 5.06. The number of rotatable bonds is 3. The van der Waals surface area contributed by atoms with Crippen molar-refractivity contribution in [3.8, 4) is 0 Å². The molecular weight excluding hydrogens is 222 g/mol. The first kappa shape index (κ1) is 11.1. The Morgan fingerprint density at radius 1 is 1.35 bits per heavy atom. The number of amidine groups is 2. The lowest BCUT2D eigenvalue weighted by Gasteiger charge is -2.12. The van der Waals surface area contributed by atoms with Crippen molar-refractivity contribution < 1.29 is 9.53 Å². The fourth-order valence-electron chi connectivity index (χ4n) is 1.18. The van der Waals surface area contributed by atoms with Crippen LogP contribution < -0.4 is 10.9 Å². The molecule has 0 aliphatic carbocycles. The summed E-state index contributed by atoms with van der Waals surface area (Å²) in [6, 6.07) is 5.41. The lowest BCUT2D eigenvalue weighted by Crippen LogP contribution is -2.39. The van der Waals surface area contributed by atoms with Gasteiger partial charge in [0, 0.05) is 6.20 Å². The molecule has 1 aliphatic rings. The van der Waals surface area contributed by atoms with Gasteiger partial charge in [-0.2, -0.15) is 5.10 Å². The summed E-state index contributed by atoms with van der Waals surface area (Å²) in [6.07, 6.45) is 1.64. The molecule has 7 nitrogen and oxygen atoms in total. The topological polar surface area (TPSA) is 88.0 Å². The molecule has 7 heteroatoms. The zero-order valence-electron chi connectivity index (χ0n) is 9.17. The first-order valence-electron chi connectivity index (χ1n) is 5.07. The van der Waals surface area contributed by atoms with Crippen molar-refractivity contribution in [2.45, 2.75) is 6.92 Å². The maximum atomic E-state index is 11.3. The van der Waals surface area contributed by atoms with Crippen LogP contribution in [0.15, 0.2) is 34.6 Å². The van der Waals surface area contributed by atoms with E-state index in [-0.39, 0.29) is 12.4 Å². The van der Waals surface area contributed by atoms with E-state index in [1.807, 2.05) is 6.07 Å². The Balaban J connectivity index is 2.04. The smallest absolute Gasteiger partial charge is 0.377 e. The van der Waals surface area contributed by atoms with Gasteiger partial charge in [-0.25, -0.2) is 4.79 Å². The first-order valence-corrected chi connectivity index (χ1v) is 5.07. The van der Waals surface area contributed by atoms with Gasteiger partial charge in [-0.15, -0.1) is 5.10 Å². The van der Waals surface area contributed by atoms with Crippen molar-refractivity contribution in [1.29, 1.82) is 0 Å². The molecule has 1 aromatic heterocycles. The van der Waals surface area contributed by atoms with E-state index < -0.39 is 5.97 Å². The summed E-state index contributed by atoms with van der Waals surface area (Å²) >= 11 is 0. The summed E-state index contributed by atoms with van der Waals surface area (Å²) in [5, 5.41) is 7.76. The van der Waals surface area contributed by atoms with Crippen molar-refractivity contribution in [2.75, 3.05) is 6.61 Å². The minimum Gasteiger partial charge on any atom is -0.460 e. The van der Waals surface area contributed by atoms with E-state index in [9.17, 15) is 4.79 Å². The lowest BCUT2D eigenvalue weighted by molar-refractivity contribution is -0.135. The summed E-state index contributed by atoms with van der Waals surface area (Å²) in [7, 11) is 0. The maximum absolute atomic E-state index is 11.3. The average Bonchev–Trinajstić information content (AvgIpc) is 2.40. The van der Waals surface area contributed by atoms with Gasteiger partial charge >= 0.3 is 5.97 Å². The molecule has 2 heterocycles. The molecule has 0 radical (unpaired) electrons. The van der Waals surface area contributed by atoms with Crippen LogP contribution in [-0.4, -0.2) is 29.2 Å². The molecule has 0 amide bonds. The third kappa shape index (κ3) is 2.57. The molecule has 0 aromatic carbocycles. The van der Waals surface area contributed by atoms with E-state index >= 15 is 0 Å². The van der Waals surface area contributed by atoms with Crippen LogP contribution in [0, 0.1) is 0 Å². The molecule has 0 saturated carbocycles. The Labute approximate surface area is 97.6 Å². The number of hydrogen-bond donors (Lipinski definition) is 2. The quantitative estimate of drug-likeness (QED) is 0.707. The first-order chi connectivity index (χ1) is 8.31. The van der Waals surface area contributed by atoms with E-state index in [1.54, 1.807) is 25.3 Å². The van der Waals surface area contributed by atoms with Gasteiger partial charge in [-0.05, 0) is 19.1 Å². The summed E-state index contributed by atoms with van der Waals surface area (Å²) in [5.41, 5.74) is 5.78. The predicted molar refractivity (Wildman–Crippen MR) is 61.1 cm³/mol. The highest BCUT2D eigenvalue weighted by Gasteiger charge is 2.17. The average molecular weight is 233 g/mol. The van der Waals surface area contributed by atoms with E-state index in [2.05, 4.69) is 26.0 Å². The number of hydrogen-bond acceptors (Lipinski definition) is 7. The highest BCUT2D eigenvalue weighted by Crippen LogP contribution is 1.97. The fourth-order valence-corrected chi connectivity index (χ4v) is 1.18. The number of esters is 1. The van der Waals surface area contributed by atoms with Crippen molar-refractivity contribution in [2.24, 2.45) is 10.2 Å². The largest absolute Gasteiger partial charge is 0.460 e. The van der Waals surface area contributed by atoms with Crippen LogP contribution in [0.2, 0.25) is 0 Å². The second-order valence-electron chi connectivity index (χ2n) is 3.08. The number of nitrogens with zero attached hydrogens (tertiary/aromatic N) is 3. The summed E-state index contributed by atoms with van der Waals surface area (Å²) in [5.74, 6) is -0.0889. The molecule has 0 bridgehead atoms. The van der Waals surface area contributed by atoms with E-state index in [0.717, 1.165) is 0 Å². The number of pyridine rings is 1. The Morgan fingerprint density at radius 2 is 2.24 bits per heavy atom. The molecule has 0 spiro atoms. The van der Waals surface area contributed by atoms with Crippen molar-refractivity contribution in [1.82, 2.24) is 15.8 Å². The van der Waals surface area contributed by atoms with Gasteiger partial charge in [-0.1, -0.05) is 6.07 Å². The summed E-state index contributed by atoms with van der Waals surface area (Å²) in [6.45, 7) is 2.01. The predicted octanol–water partition coefficient (Wildman–Crippen LogP) is -0.187. The van der Waals surface area contributed by atoms with Gasteiger partial charge in [0.25, 0.3) is 5.84 Å². The molecule has 0 fully saturated rings. The van der Waals surface area contributed by atoms with Gasteiger partial charge in [-0.3, -0.25) is 15.8 Å². The van der Waals surface area contributed by atoms with Crippen LogP contribution >= 0.6 is 0 Å². The Kier molecular flexibility index (Phi) is 3.29. The van der Waals surface area contributed by atoms with Crippen molar-refractivity contribution >= 4 is 17.6 Å². The standard InChI is InChI=1S/C10H11N5O2/c1-2-17-10(16)9-14-12-8(13-15-9)7-5-3-4-6-11-7/h3-6H,2H2,1H3,(H,12,13)(H,14,15). The third-order valence-electron chi connectivity index (χ3n) is 1.92. The second-order valence-corrected chi connectivity index (χ2v) is 3.08. The van der Waals surface area contributed by atoms with Crippen LogP contribution in [0.3, 0.4) is 0 Å². The van der Waals surface area contributed by atoms with Crippen molar-refractivity contribution in [3.05, 3.63) is 30.1 Å². The zero-order valence-corrected chi connectivity index (χ0v) is 9.17. The SMILES string of the molecule is CCOC(=O)C1=NNC(c2ccccn2)=NN1. The number of carbonyl (C=O) groups is 1. The van der Waals surface area contributed by atoms with Gasteiger partial charge in [0.2, 0.25) is 0 Å². The molecule has 1 aromatic rings. The zero-order chi connectivity index (χ0) is 12.1. The lowest BCUT2D eigenvalue weighted by atomic mass is 10.3. The van der Waals surface area contributed by atoms with E-state index in [4.69, 9.17) is 4.74 Å². The number of ether oxygens (including phenoxy) is 1. The Hall–Kier alpha value is -2.44. The van der Waals surface area contributed by atoms with Crippen LogP contribution in [-0.2, 0) is 9.53 Å². The normalized spacial score (nSPS) is 13.9. The third-order valence-corrected chi connectivity index (χ3v) is 1.92. The van der Waals surface area contributed by atoms with Gasteiger partial charge < -0.3 is 4.74 Å². The molecule has 1 aliphatic heterocycles. The Morgan fingerprint density at radius 3 is 2.82 bits per heavy atom. The van der Waals surface area contributed by atoms with Crippen molar-refractivity contribution in [3.63, 3.8) is 0 Å². The molecule has 2 rings (SSSR count). The van der Waals surface area contributed by atoms with Gasteiger partial charge in [0.1, 0.15) is 5.69 Å². The van der Waals surface area contributed by atoms with E-state index in [1.165, 1.54) is 0 Å². The molecule has 0 unspecified atom stereocenters. The highest BCUT2D eigenvalue weighted by molar-refractivity contribution is 6.35. The minimum atomic E-state index is -0.552. The fraction of sp³-hybridized carbons (Fsp3) is 0.200. The Bertz CT molecular complexity index is 469. The number of carbonyl (C=O) groups excluding carboxylic acids is 1. The van der Waals surface area contributed by atoms with Gasteiger partial charge in [0.05, 0.1) is 6.61 Å². The number of nitrogens with one attached hydrogen (secondary N) is 2. The van der Waals surface area contributed by atoms with Crippen LogP contribution in [0.25, 0.3) is 0 Å². The maximum Gasteiger partial charge on any atom is 0.377 e. The minimum absolute atomic E-state index is 0.0199. The summed E-state index contributed by atoms with van der Waals surface area (Å²) < 4.78 is 4.77. The van der Waals surface area contributed by atoms with E-state index in [0.29, 0.717) is 11.5 Å². The number of aromatic nitrogens is 1. The molecule has 17 heavy (non-hydrogen) atoms. The van der Waals surface area contributed by atoms with Crippen LogP contribution in [0.5, 0.6) is 0 Å². The monoisotopic (exact) mass is 233 g/mol. The summed E-state index contributed by atoms with van der Waals surface area (Å²) in [4.78, 5) is 15.4. The molecule has 0 saturated heterocycles. The van der Waals surface area contributed by atoms with Crippen LogP contribution in [0.1, 0.15) is 12.6 Å². The number of hydrazone groups is 2. The van der Waals surface area contributed by atoms with Gasteiger partial charge in [0.15, 0.2) is 5.84 Å². The van der Waals surface area contributed by atoms with Crippen LogP contribution in [0.4, 0.5) is 0 Å². The molecular formula is C10H11N5O2. The molecule has 0 atom stereocenters.